The van der Waals surface area contributed by atoms with E-state index in [1.807, 2.05) is 0 Å². The van der Waals surface area contributed by atoms with Crippen LogP contribution in [0.4, 0.5) is 4.79 Å². The molecule has 0 bridgehead atoms. The maximum absolute atomic E-state index is 12.7. The summed E-state index contributed by atoms with van der Waals surface area (Å²) in [5, 5.41) is 9.48. The Morgan fingerprint density at radius 3 is 2.56 bits per heavy atom. The molecule has 2 aliphatic heterocycles. The molecule has 8 heteroatoms. The number of carbonyl (C=O) groups is 4. The molecule has 3 atom stereocenters. The lowest BCUT2D eigenvalue weighted by Crippen LogP contribution is -2.46. The van der Waals surface area contributed by atoms with Gasteiger partial charge in [-0.15, -0.1) is 0 Å². The standard InChI is InChI=1S/C17H25N3O5/c1-18-10-15(22)19(17(18)25)8-4-7-14(21)20-12-6-3-2-5-11(12)9-13(20)16(23)24/h11-13H,2-10H2,1H3,(H,23,24)/t11-,12-,13-/m0/s1. The first kappa shape index (κ1) is 17.7. The van der Waals surface area contributed by atoms with Gasteiger partial charge in [0, 0.05) is 26.1 Å². The highest BCUT2D eigenvalue weighted by Crippen LogP contribution is 2.40. The van der Waals surface area contributed by atoms with Gasteiger partial charge in [-0.25, -0.2) is 9.59 Å². The van der Waals surface area contributed by atoms with Crippen LogP contribution in [0.5, 0.6) is 0 Å². The van der Waals surface area contributed by atoms with Crippen LogP contribution in [0, 0.1) is 5.92 Å². The van der Waals surface area contributed by atoms with Crippen LogP contribution < -0.4 is 0 Å². The topological polar surface area (TPSA) is 98.2 Å². The van der Waals surface area contributed by atoms with Crippen LogP contribution in [-0.2, 0) is 14.4 Å². The van der Waals surface area contributed by atoms with Crippen LogP contribution >= 0.6 is 0 Å². The third-order valence-electron chi connectivity index (χ3n) is 5.66. The van der Waals surface area contributed by atoms with Gasteiger partial charge in [0.1, 0.15) is 12.6 Å². The maximum Gasteiger partial charge on any atom is 0.326 e. The van der Waals surface area contributed by atoms with Gasteiger partial charge in [0.15, 0.2) is 0 Å². The molecule has 0 spiro atoms. The van der Waals surface area contributed by atoms with Crippen molar-refractivity contribution in [1.82, 2.24) is 14.7 Å². The van der Waals surface area contributed by atoms with Crippen molar-refractivity contribution in [2.75, 3.05) is 20.1 Å². The number of carboxylic acids is 1. The first-order valence-electron chi connectivity index (χ1n) is 8.99. The van der Waals surface area contributed by atoms with Gasteiger partial charge in [-0.3, -0.25) is 14.5 Å². The highest BCUT2D eigenvalue weighted by molar-refractivity contribution is 6.01. The molecular weight excluding hydrogens is 326 g/mol. The predicted octanol–water partition coefficient (Wildman–Crippen LogP) is 0.905. The highest BCUT2D eigenvalue weighted by atomic mass is 16.4. The van der Waals surface area contributed by atoms with Crippen LogP contribution in [0.1, 0.15) is 44.9 Å². The van der Waals surface area contributed by atoms with E-state index in [4.69, 9.17) is 0 Å². The predicted molar refractivity (Wildman–Crippen MR) is 87.6 cm³/mol. The van der Waals surface area contributed by atoms with Crippen molar-refractivity contribution >= 4 is 23.8 Å². The summed E-state index contributed by atoms with van der Waals surface area (Å²) < 4.78 is 0. The van der Waals surface area contributed by atoms with E-state index in [1.165, 1.54) is 4.90 Å². The summed E-state index contributed by atoms with van der Waals surface area (Å²) in [5.41, 5.74) is 0. The first-order chi connectivity index (χ1) is 11.9. The molecule has 8 nitrogen and oxygen atoms in total. The summed E-state index contributed by atoms with van der Waals surface area (Å²) in [6.45, 7) is 0.275. The number of hydrogen-bond donors (Lipinski definition) is 1. The number of imide groups is 1. The van der Waals surface area contributed by atoms with Crippen molar-refractivity contribution in [1.29, 1.82) is 0 Å². The average Bonchev–Trinajstić information content (AvgIpc) is 3.07. The SMILES string of the molecule is CN1CC(=O)N(CCCC(=O)N2[C@H](C(=O)O)C[C@@H]3CCCC[C@@H]32)C1=O. The van der Waals surface area contributed by atoms with Crippen LogP contribution in [-0.4, -0.2) is 75.8 Å². The lowest BCUT2D eigenvalue weighted by Gasteiger charge is -2.33. The zero-order valence-corrected chi connectivity index (χ0v) is 14.5. The maximum atomic E-state index is 12.7. The number of rotatable bonds is 5. The number of fused-ring (bicyclic) bond motifs is 1. The fourth-order valence-corrected chi connectivity index (χ4v) is 4.45. The highest BCUT2D eigenvalue weighted by Gasteiger charge is 2.47. The van der Waals surface area contributed by atoms with Gasteiger partial charge in [-0.05, 0) is 31.6 Å². The Morgan fingerprint density at radius 2 is 1.92 bits per heavy atom. The Bertz CT molecular complexity index is 593. The van der Waals surface area contributed by atoms with E-state index in [1.54, 1.807) is 11.9 Å². The summed E-state index contributed by atoms with van der Waals surface area (Å²) in [4.78, 5) is 51.9. The van der Waals surface area contributed by atoms with E-state index in [0.717, 1.165) is 30.6 Å². The minimum absolute atomic E-state index is 0.0310. The number of hydrogen-bond acceptors (Lipinski definition) is 4. The van der Waals surface area contributed by atoms with E-state index in [-0.39, 0.29) is 49.3 Å². The molecule has 25 heavy (non-hydrogen) atoms. The second-order valence-electron chi connectivity index (χ2n) is 7.29. The molecule has 3 fully saturated rings. The van der Waals surface area contributed by atoms with Gasteiger partial charge in [0.25, 0.3) is 0 Å². The number of aliphatic carboxylic acids is 1. The fraction of sp³-hybridized carbons (Fsp3) is 0.765. The third-order valence-corrected chi connectivity index (χ3v) is 5.66. The van der Waals surface area contributed by atoms with E-state index in [0.29, 0.717) is 12.8 Å². The Kier molecular flexibility index (Phi) is 4.96. The van der Waals surface area contributed by atoms with Crippen LogP contribution in [0.3, 0.4) is 0 Å². The minimum Gasteiger partial charge on any atom is -0.480 e. The van der Waals surface area contributed by atoms with Gasteiger partial charge in [0.2, 0.25) is 11.8 Å². The molecule has 1 aliphatic carbocycles. The number of nitrogens with zero attached hydrogens (tertiary/aromatic N) is 3. The minimum atomic E-state index is -0.936. The van der Waals surface area contributed by atoms with Crippen LogP contribution in [0.15, 0.2) is 0 Å². The van der Waals surface area contributed by atoms with E-state index in [2.05, 4.69) is 0 Å². The second kappa shape index (κ2) is 7.01. The Balaban J connectivity index is 1.58. The fourth-order valence-electron chi connectivity index (χ4n) is 4.45. The molecule has 1 saturated carbocycles. The summed E-state index contributed by atoms with van der Waals surface area (Å²) in [7, 11) is 1.57. The molecule has 0 unspecified atom stereocenters. The number of carboxylic acid groups (broad SMARTS) is 1. The van der Waals surface area contributed by atoms with E-state index < -0.39 is 12.0 Å². The van der Waals surface area contributed by atoms with Crippen molar-refractivity contribution in [2.24, 2.45) is 5.92 Å². The summed E-state index contributed by atoms with van der Waals surface area (Å²) in [6, 6.07) is -1.04. The Hall–Kier alpha value is -2.12. The molecule has 0 aromatic heterocycles. The van der Waals surface area contributed by atoms with Crippen molar-refractivity contribution in [3.63, 3.8) is 0 Å². The molecule has 1 N–H and O–H groups in total. The number of amides is 4. The number of carbonyl (C=O) groups excluding carboxylic acids is 3. The van der Waals surface area contributed by atoms with E-state index >= 15 is 0 Å². The van der Waals surface area contributed by atoms with Gasteiger partial charge >= 0.3 is 12.0 Å². The quantitative estimate of drug-likeness (QED) is 0.742. The molecule has 3 rings (SSSR count). The van der Waals surface area contributed by atoms with E-state index in [9.17, 15) is 24.3 Å². The molecular formula is C17H25N3O5. The first-order valence-corrected chi connectivity index (χ1v) is 8.99. The van der Waals surface area contributed by atoms with Gasteiger partial charge in [-0.1, -0.05) is 12.8 Å². The average molecular weight is 351 g/mol. The zero-order chi connectivity index (χ0) is 18.1. The molecule has 2 heterocycles. The lowest BCUT2D eigenvalue weighted by molar-refractivity contribution is -0.150. The zero-order valence-electron chi connectivity index (χ0n) is 14.5. The molecule has 0 aromatic rings. The molecule has 0 radical (unpaired) electrons. The number of likely N-dealkylation sites (N-methyl/N-ethyl adjacent to an activating group) is 1. The summed E-state index contributed by atoms with van der Waals surface area (Å²) in [6.07, 6.45) is 5.05. The number of likely N-dealkylation sites (tertiary alicyclic amines) is 1. The molecule has 138 valence electrons. The molecule has 4 amide bonds. The monoisotopic (exact) mass is 351 g/mol. The Morgan fingerprint density at radius 1 is 1.20 bits per heavy atom. The van der Waals surface area contributed by atoms with Gasteiger partial charge < -0.3 is 14.9 Å². The molecule has 0 aromatic carbocycles. The molecule has 2 saturated heterocycles. The normalized spacial score (nSPS) is 29.3. The Labute approximate surface area is 146 Å². The van der Waals surface area contributed by atoms with Gasteiger partial charge in [0.05, 0.1) is 0 Å². The third kappa shape index (κ3) is 3.34. The lowest BCUT2D eigenvalue weighted by atomic mass is 9.84. The smallest absolute Gasteiger partial charge is 0.326 e. The van der Waals surface area contributed by atoms with Crippen LogP contribution in [0.25, 0.3) is 0 Å². The van der Waals surface area contributed by atoms with Crippen molar-refractivity contribution in [3.05, 3.63) is 0 Å². The summed E-state index contributed by atoms with van der Waals surface area (Å²) in [5.74, 6) is -1.07. The van der Waals surface area contributed by atoms with Crippen molar-refractivity contribution < 1.29 is 24.3 Å². The van der Waals surface area contributed by atoms with Crippen LogP contribution in [0.2, 0.25) is 0 Å². The second-order valence-corrected chi connectivity index (χ2v) is 7.29. The number of urea groups is 1. The molecule has 3 aliphatic rings. The van der Waals surface area contributed by atoms with Crippen molar-refractivity contribution in [3.8, 4) is 0 Å². The van der Waals surface area contributed by atoms with Gasteiger partial charge in [-0.2, -0.15) is 0 Å². The summed E-state index contributed by atoms with van der Waals surface area (Å²) >= 11 is 0. The largest absolute Gasteiger partial charge is 0.480 e. The van der Waals surface area contributed by atoms with Crippen molar-refractivity contribution in [2.45, 2.75) is 57.0 Å².